The molecule has 51 heavy (non-hydrogen) atoms. The van der Waals surface area contributed by atoms with E-state index in [1.165, 1.54) is 16.7 Å². The molecule has 0 spiro atoms. The SMILES string of the molecule is CC1(C)c2ccc(-c3ccc(-c4nc(-c5ccccc5)nc(-c5ccccc5)n4)cc3)cc2-c2c1oc1c3ccccc3n(-c3ccccc3)c21. The van der Waals surface area contributed by atoms with Crippen LogP contribution >= 0.6 is 0 Å². The van der Waals surface area contributed by atoms with Crippen molar-refractivity contribution in [1.82, 2.24) is 19.5 Å². The van der Waals surface area contributed by atoms with E-state index in [1.807, 2.05) is 60.7 Å². The zero-order chi connectivity index (χ0) is 34.1. The number of hydrogen-bond donors (Lipinski definition) is 0. The Bertz CT molecular complexity index is 2690. The van der Waals surface area contributed by atoms with Crippen LogP contribution in [0.2, 0.25) is 0 Å². The van der Waals surface area contributed by atoms with E-state index in [9.17, 15) is 0 Å². The van der Waals surface area contributed by atoms with Gasteiger partial charge < -0.3 is 8.98 Å². The van der Waals surface area contributed by atoms with Gasteiger partial charge in [-0.3, -0.25) is 0 Å². The fraction of sp³-hybridized carbons (Fsp3) is 0.0652. The van der Waals surface area contributed by atoms with Gasteiger partial charge >= 0.3 is 0 Å². The highest BCUT2D eigenvalue weighted by Gasteiger charge is 2.42. The quantitative estimate of drug-likeness (QED) is 0.185. The van der Waals surface area contributed by atoms with E-state index < -0.39 is 0 Å². The van der Waals surface area contributed by atoms with Crippen molar-refractivity contribution in [3.63, 3.8) is 0 Å². The molecule has 0 bridgehead atoms. The summed E-state index contributed by atoms with van der Waals surface area (Å²) in [5, 5.41) is 1.12. The van der Waals surface area contributed by atoms with Crippen LogP contribution in [0.3, 0.4) is 0 Å². The van der Waals surface area contributed by atoms with Crippen LogP contribution in [0.5, 0.6) is 0 Å². The molecule has 0 radical (unpaired) electrons. The van der Waals surface area contributed by atoms with Crippen molar-refractivity contribution in [2.45, 2.75) is 19.3 Å². The smallest absolute Gasteiger partial charge is 0.164 e. The molecule has 0 aliphatic heterocycles. The third kappa shape index (κ3) is 4.59. The van der Waals surface area contributed by atoms with Crippen molar-refractivity contribution in [2.24, 2.45) is 0 Å². The maximum Gasteiger partial charge on any atom is 0.164 e. The van der Waals surface area contributed by atoms with Gasteiger partial charge in [-0.1, -0.05) is 127 Å². The fourth-order valence-electron chi connectivity index (χ4n) is 7.68. The van der Waals surface area contributed by atoms with Crippen LogP contribution in [0.15, 0.2) is 162 Å². The molecule has 5 nitrogen and oxygen atoms in total. The summed E-state index contributed by atoms with van der Waals surface area (Å²) >= 11 is 0. The number of fused-ring (bicyclic) bond motifs is 7. The van der Waals surface area contributed by atoms with E-state index in [1.54, 1.807) is 0 Å². The summed E-state index contributed by atoms with van der Waals surface area (Å²) in [5.41, 5.74) is 12.8. The Morgan fingerprint density at radius 1 is 0.510 bits per heavy atom. The molecular formula is C46H32N4O. The van der Waals surface area contributed by atoms with E-state index in [4.69, 9.17) is 19.4 Å². The lowest BCUT2D eigenvalue weighted by Crippen LogP contribution is -2.14. The molecule has 0 amide bonds. The average molecular weight is 657 g/mol. The first-order valence-electron chi connectivity index (χ1n) is 17.3. The van der Waals surface area contributed by atoms with Crippen LogP contribution in [0.1, 0.15) is 25.2 Å². The summed E-state index contributed by atoms with van der Waals surface area (Å²) in [6, 6.07) is 54.7. The molecule has 6 aromatic carbocycles. The highest BCUT2D eigenvalue weighted by atomic mass is 16.3. The van der Waals surface area contributed by atoms with Gasteiger partial charge in [-0.2, -0.15) is 0 Å². The maximum absolute atomic E-state index is 6.88. The lowest BCUT2D eigenvalue weighted by atomic mass is 9.85. The second-order valence-electron chi connectivity index (χ2n) is 13.7. The van der Waals surface area contributed by atoms with Gasteiger partial charge in [0.05, 0.1) is 5.52 Å². The van der Waals surface area contributed by atoms with E-state index in [0.29, 0.717) is 17.5 Å². The van der Waals surface area contributed by atoms with Crippen LogP contribution < -0.4 is 0 Å². The van der Waals surface area contributed by atoms with Crippen molar-refractivity contribution in [3.05, 3.63) is 169 Å². The van der Waals surface area contributed by atoms with Crippen LogP contribution in [-0.2, 0) is 5.41 Å². The zero-order valence-electron chi connectivity index (χ0n) is 28.2. The Labute approximate surface area is 295 Å². The molecule has 1 aliphatic rings. The van der Waals surface area contributed by atoms with Gasteiger partial charge in [-0.15, -0.1) is 0 Å². The number of furan rings is 1. The molecule has 3 aromatic heterocycles. The molecule has 0 N–H and O–H groups in total. The predicted octanol–water partition coefficient (Wildman–Crippen LogP) is 11.5. The van der Waals surface area contributed by atoms with Gasteiger partial charge in [-0.25, -0.2) is 15.0 Å². The normalized spacial score (nSPS) is 13.1. The summed E-state index contributed by atoms with van der Waals surface area (Å²) in [6.07, 6.45) is 0. The van der Waals surface area contributed by atoms with E-state index in [0.717, 1.165) is 61.3 Å². The molecule has 0 saturated carbocycles. The Morgan fingerprint density at radius 3 is 1.65 bits per heavy atom. The van der Waals surface area contributed by atoms with Crippen LogP contribution in [-0.4, -0.2) is 19.5 Å². The number of para-hydroxylation sites is 2. The van der Waals surface area contributed by atoms with Crippen LogP contribution in [0.25, 0.3) is 84.1 Å². The van der Waals surface area contributed by atoms with Crippen molar-refractivity contribution in [1.29, 1.82) is 0 Å². The first kappa shape index (κ1) is 29.3. The largest absolute Gasteiger partial charge is 0.457 e. The summed E-state index contributed by atoms with van der Waals surface area (Å²) in [4.78, 5) is 14.7. The molecule has 5 heteroatoms. The van der Waals surface area contributed by atoms with Gasteiger partial charge in [0.25, 0.3) is 0 Å². The van der Waals surface area contributed by atoms with Gasteiger partial charge in [0, 0.05) is 38.7 Å². The minimum absolute atomic E-state index is 0.277. The molecule has 0 saturated heterocycles. The summed E-state index contributed by atoms with van der Waals surface area (Å²) in [5.74, 6) is 2.97. The third-order valence-electron chi connectivity index (χ3n) is 10.2. The van der Waals surface area contributed by atoms with Gasteiger partial charge in [0.2, 0.25) is 0 Å². The second-order valence-corrected chi connectivity index (χ2v) is 13.7. The Kier molecular flexibility index (Phi) is 6.46. The van der Waals surface area contributed by atoms with Crippen molar-refractivity contribution in [3.8, 4) is 62.1 Å². The molecule has 10 rings (SSSR count). The fourth-order valence-corrected chi connectivity index (χ4v) is 7.68. The minimum atomic E-state index is -0.277. The first-order chi connectivity index (χ1) is 25.0. The number of rotatable bonds is 5. The summed E-state index contributed by atoms with van der Waals surface area (Å²) in [6.45, 7) is 4.54. The second kappa shape index (κ2) is 11.2. The van der Waals surface area contributed by atoms with Gasteiger partial charge in [0.1, 0.15) is 11.3 Å². The zero-order valence-corrected chi connectivity index (χ0v) is 28.2. The number of benzene rings is 6. The van der Waals surface area contributed by atoms with Gasteiger partial charge in [-0.05, 0) is 66.4 Å². The Hall–Kier alpha value is -6.59. The molecule has 3 heterocycles. The van der Waals surface area contributed by atoms with Crippen molar-refractivity contribution in [2.75, 3.05) is 0 Å². The number of hydrogen-bond acceptors (Lipinski definition) is 4. The van der Waals surface area contributed by atoms with Crippen LogP contribution in [0.4, 0.5) is 0 Å². The highest BCUT2D eigenvalue weighted by molar-refractivity contribution is 6.13. The van der Waals surface area contributed by atoms with Gasteiger partial charge in [0.15, 0.2) is 23.1 Å². The summed E-state index contributed by atoms with van der Waals surface area (Å²) < 4.78 is 9.24. The van der Waals surface area contributed by atoms with E-state index in [2.05, 4.69) is 115 Å². The average Bonchev–Trinajstić information content (AvgIpc) is 3.81. The summed E-state index contributed by atoms with van der Waals surface area (Å²) in [7, 11) is 0. The number of nitrogens with zero attached hydrogens (tertiary/aromatic N) is 4. The lowest BCUT2D eigenvalue weighted by Gasteiger charge is -2.19. The van der Waals surface area contributed by atoms with E-state index in [-0.39, 0.29) is 5.41 Å². The monoisotopic (exact) mass is 656 g/mol. The molecule has 1 aliphatic carbocycles. The first-order valence-corrected chi connectivity index (χ1v) is 17.3. The van der Waals surface area contributed by atoms with Crippen molar-refractivity contribution >= 4 is 22.0 Å². The third-order valence-corrected chi connectivity index (χ3v) is 10.2. The minimum Gasteiger partial charge on any atom is -0.457 e. The molecule has 0 fully saturated rings. The Morgan fingerprint density at radius 2 is 1.02 bits per heavy atom. The molecule has 9 aromatic rings. The predicted molar refractivity (Wildman–Crippen MR) is 206 cm³/mol. The van der Waals surface area contributed by atoms with E-state index >= 15 is 0 Å². The molecule has 242 valence electrons. The topological polar surface area (TPSA) is 56.7 Å². The number of aromatic nitrogens is 4. The highest BCUT2D eigenvalue weighted by Crippen LogP contribution is 2.55. The van der Waals surface area contributed by atoms with Crippen LogP contribution in [0, 0.1) is 0 Å². The standard InChI is InChI=1S/C46H32N4O/c1-46(2)37-27-26-33(28-36(37)39-40-41(51-42(39)46)35-20-12-13-21-38(35)50(40)34-18-10-5-11-19-34)29-22-24-32(25-23-29)45-48-43(30-14-6-3-7-15-30)47-44(49-45)31-16-8-4-9-17-31/h3-28H,1-2H3. The maximum atomic E-state index is 6.88. The lowest BCUT2D eigenvalue weighted by molar-refractivity contribution is 0.466. The Balaban J connectivity index is 1.09. The van der Waals surface area contributed by atoms with Crippen molar-refractivity contribution < 1.29 is 4.42 Å². The molecule has 0 atom stereocenters. The molecule has 0 unspecified atom stereocenters. The molecular weight excluding hydrogens is 625 g/mol.